The summed E-state index contributed by atoms with van der Waals surface area (Å²) in [5.74, 6) is 1.76. The molecule has 1 N–H and O–H groups in total. The van der Waals surface area contributed by atoms with Crippen molar-refractivity contribution in [2.24, 2.45) is 0 Å². The van der Waals surface area contributed by atoms with Crippen LogP contribution < -0.4 is 10.2 Å². The number of fused-ring (bicyclic) bond motifs is 1. The molecule has 0 unspecified atom stereocenters. The van der Waals surface area contributed by atoms with Crippen LogP contribution in [0.25, 0.3) is 10.1 Å². The van der Waals surface area contributed by atoms with Gasteiger partial charge in [0, 0.05) is 51.9 Å². The fourth-order valence-electron chi connectivity index (χ4n) is 5.06. The van der Waals surface area contributed by atoms with Gasteiger partial charge in [-0.25, -0.2) is 15.0 Å². The molecule has 2 fully saturated rings. The molecule has 34 heavy (non-hydrogen) atoms. The number of thiophene rings is 1. The van der Waals surface area contributed by atoms with E-state index in [4.69, 9.17) is 0 Å². The van der Waals surface area contributed by atoms with Gasteiger partial charge < -0.3 is 20.0 Å². The first kappa shape index (κ1) is 23.0. The van der Waals surface area contributed by atoms with E-state index < -0.39 is 0 Å². The molecule has 1 aliphatic heterocycles. The number of nitrogens with one attached hydrogen (secondary N) is 1. The SMILES string of the molecule is CCN1CCN(c2cnc(Nc3cc4c(C5CCCC5)c(C(=O)N(C)C)sc4cn3)nc2)CC1. The van der Waals surface area contributed by atoms with E-state index in [0.717, 1.165) is 66.2 Å². The van der Waals surface area contributed by atoms with Gasteiger partial charge in [0.25, 0.3) is 5.91 Å². The molecule has 9 heteroatoms. The Morgan fingerprint density at radius 2 is 1.79 bits per heavy atom. The zero-order valence-electron chi connectivity index (χ0n) is 20.3. The molecule has 180 valence electrons. The lowest BCUT2D eigenvalue weighted by molar-refractivity contribution is 0.0831. The number of carbonyl (C=O) groups is 1. The van der Waals surface area contributed by atoms with Crippen LogP contribution in [0.2, 0.25) is 0 Å². The van der Waals surface area contributed by atoms with Crippen LogP contribution in [0, 0.1) is 0 Å². The highest BCUT2D eigenvalue weighted by Crippen LogP contribution is 2.44. The van der Waals surface area contributed by atoms with Crippen molar-refractivity contribution in [2.45, 2.75) is 38.5 Å². The zero-order valence-corrected chi connectivity index (χ0v) is 21.1. The Labute approximate surface area is 205 Å². The van der Waals surface area contributed by atoms with Gasteiger partial charge in [0.15, 0.2) is 0 Å². The molecule has 0 aromatic carbocycles. The normalized spacial score (nSPS) is 17.4. The maximum Gasteiger partial charge on any atom is 0.263 e. The molecular weight excluding hydrogens is 446 g/mol. The second-order valence-electron chi connectivity index (χ2n) is 9.40. The molecule has 4 heterocycles. The highest BCUT2D eigenvalue weighted by atomic mass is 32.1. The fourth-order valence-corrected chi connectivity index (χ4v) is 6.32. The average molecular weight is 480 g/mol. The number of likely N-dealkylation sites (N-methyl/N-ethyl adjacent to an activating group) is 1. The maximum atomic E-state index is 12.9. The van der Waals surface area contributed by atoms with Gasteiger partial charge in [-0.2, -0.15) is 0 Å². The molecule has 0 atom stereocenters. The predicted octanol–water partition coefficient (Wildman–Crippen LogP) is 4.33. The number of nitrogens with zero attached hydrogens (tertiary/aromatic N) is 6. The average Bonchev–Trinajstić information content (AvgIpc) is 3.51. The number of rotatable bonds is 6. The Hall–Kier alpha value is -2.78. The van der Waals surface area contributed by atoms with Crippen LogP contribution in [0.5, 0.6) is 0 Å². The maximum absolute atomic E-state index is 12.9. The standard InChI is InChI=1S/C25H33N7OS/c1-4-31-9-11-32(12-10-31)18-14-27-25(28-15-18)29-21-13-19-20(16-26-21)34-23(24(33)30(2)3)22(19)17-7-5-6-8-17/h13-17H,4-12H2,1-3H3,(H,26,27,28,29). The summed E-state index contributed by atoms with van der Waals surface area (Å²) < 4.78 is 1.06. The van der Waals surface area contributed by atoms with Crippen molar-refractivity contribution in [3.05, 3.63) is 35.1 Å². The van der Waals surface area contributed by atoms with E-state index in [-0.39, 0.29) is 5.91 Å². The van der Waals surface area contributed by atoms with Crippen molar-refractivity contribution in [2.75, 3.05) is 57.0 Å². The minimum atomic E-state index is 0.0799. The Kier molecular flexibility index (Phi) is 6.65. The number of carbonyl (C=O) groups excluding carboxylic acids is 1. The molecule has 3 aromatic rings. The number of hydrogen-bond donors (Lipinski definition) is 1. The third kappa shape index (κ3) is 4.59. The smallest absolute Gasteiger partial charge is 0.263 e. The molecule has 0 radical (unpaired) electrons. The summed E-state index contributed by atoms with van der Waals surface area (Å²) in [6, 6.07) is 2.06. The summed E-state index contributed by atoms with van der Waals surface area (Å²) in [6.07, 6.45) is 10.4. The Balaban J connectivity index is 1.38. The van der Waals surface area contributed by atoms with Crippen LogP contribution in [0.1, 0.15) is 53.8 Å². The minimum Gasteiger partial charge on any atom is -0.366 e. The van der Waals surface area contributed by atoms with Crippen molar-refractivity contribution in [3.63, 3.8) is 0 Å². The van der Waals surface area contributed by atoms with Gasteiger partial charge in [0.05, 0.1) is 27.7 Å². The van der Waals surface area contributed by atoms with E-state index in [1.807, 2.05) is 32.7 Å². The minimum absolute atomic E-state index is 0.0799. The van der Waals surface area contributed by atoms with Crippen LogP contribution in [0.3, 0.4) is 0 Å². The Morgan fingerprint density at radius 3 is 2.44 bits per heavy atom. The molecule has 0 spiro atoms. The van der Waals surface area contributed by atoms with Crippen LogP contribution in [0.15, 0.2) is 24.7 Å². The van der Waals surface area contributed by atoms with E-state index in [9.17, 15) is 4.79 Å². The largest absolute Gasteiger partial charge is 0.366 e. The third-order valence-corrected chi connectivity index (χ3v) is 8.18. The molecule has 1 saturated carbocycles. The van der Waals surface area contributed by atoms with Crippen LogP contribution in [-0.4, -0.2) is 77.5 Å². The first-order valence-corrected chi connectivity index (χ1v) is 13.1. The Bertz CT molecular complexity index is 1150. The van der Waals surface area contributed by atoms with Crippen LogP contribution in [-0.2, 0) is 0 Å². The predicted molar refractivity (Wildman–Crippen MR) is 138 cm³/mol. The first-order valence-electron chi connectivity index (χ1n) is 12.2. The van der Waals surface area contributed by atoms with E-state index in [0.29, 0.717) is 17.7 Å². The van der Waals surface area contributed by atoms with Gasteiger partial charge in [-0.1, -0.05) is 19.8 Å². The summed E-state index contributed by atoms with van der Waals surface area (Å²) >= 11 is 1.56. The van der Waals surface area contributed by atoms with Gasteiger partial charge in [-0.3, -0.25) is 4.79 Å². The fraction of sp³-hybridized carbons (Fsp3) is 0.520. The van der Waals surface area contributed by atoms with Crippen molar-refractivity contribution >= 4 is 44.8 Å². The van der Waals surface area contributed by atoms with Crippen molar-refractivity contribution in [1.29, 1.82) is 0 Å². The van der Waals surface area contributed by atoms with Gasteiger partial charge in [0.1, 0.15) is 5.82 Å². The van der Waals surface area contributed by atoms with Crippen molar-refractivity contribution < 1.29 is 4.79 Å². The second kappa shape index (κ2) is 9.84. The van der Waals surface area contributed by atoms with E-state index >= 15 is 0 Å². The number of amides is 1. The van der Waals surface area contributed by atoms with E-state index in [1.54, 1.807) is 16.2 Å². The molecule has 8 nitrogen and oxygen atoms in total. The van der Waals surface area contributed by atoms with Crippen LogP contribution in [0.4, 0.5) is 17.5 Å². The molecule has 3 aromatic heterocycles. The number of anilines is 3. The van der Waals surface area contributed by atoms with Gasteiger partial charge >= 0.3 is 0 Å². The Morgan fingerprint density at radius 1 is 1.09 bits per heavy atom. The van der Waals surface area contributed by atoms with Crippen LogP contribution >= 0.6 is 11.3 Å². The zero-order chi connectivity index (χ0) is 23.7. The summed E-state index contributed by atoms with van der Waals surface area (Å²) in [5.41, 5.74) is 2.25. The molecule has 1 amide bonds. The summed E-state index contributed by atoms with van der Waals surface area (Å²) in [4.78, 5) is 34.0. The highest BCUT2D eigenvalue weighted by molar-refractivity contribution is 7.21. The quantitative estimate of drug-likeness (QED) is 0.564. The lowest BCUT2D eigenvalue weighted by Gasteiger charge is -2.35. The van der Waals surface area contributed by atoms with Crippen molar-refractivity contribution in [1.82, 2.24) is 24.8 Å². The lowest BCUT2D eigenvalue weighted by atomic mass is 9.94. The topological polar surface area (TPSA) is 77.5 Å². The first-order chi connectivity index (χ1) is 16.5. The molecule has 5 rings (SSSR count). The lowest BCUT2D eigenvalue weighted by Crippen LogP contribution is -2.46. The number of hydrogen-bond acceptors (Lipinski definition) is 8. The molecule has 2 aliphatic rings. The van der Waals surface area contributed by atoms with Gasteiger partial charge in [-0.05, 0) is 36.9 Å². The summed E-state index contributed by atoms with van der Waals surface area (Å²) in [7, 11) is 3.64. The van der Waals surface area contributed by atoms with E-state index in [1.165, 1.54) is 18.4 Å². The molecule has 0 bridgehead atoms. The highest BCUT2D eigenvalue weighted by Gasteiger charge is 2.28. The van der Waals surface area contributed by atoms with Gasteiger partial charge in [0.2, 0.25) is 5.95 Å². The monoisotopic (exact) mass is 479 g/mol. The molecular formula is C25H33N7OS. The second-order valence-corrected chi connectivity index (χ2v) is 10.5. The number of piperazine rings is 1. The summed E-state index contributed by atoms with van der Waals surface area (Å²) in [6.45, 7) is 7.45. The molecule has 1 saturated heterocycles. The number of aromatic nitrogens is 3. The summed E-state index contributed by atoms with van der Waals surface area (Å²) in [5, 5.41) is 4.40. The van der Waals surface area contributed by atoms with E-state index in [2.05, 4.69) is 43.1 Å². The number of pyridine rings is 1. The van der Waals surface area contributed by atoms with Gasteiger partial charge in [-0.15, -0.1) is 11.3 Å². The van der Waals surface area contributed by atoms with Crippen molar-refractivity contribution in [3.8, 4) is 0 Å². The molecule has 1 aliphatic carbocycles. The third-order valence-electron chi connectivity index (χ3n) is 7.04.